The Morgan fingerprint density at radius 2 is 1.85 bits per heavy atom. The first-order valence-corrected chi connectivity index (χ1v) is 12.4. The number of imide groups is 1. The van der Waals surface area contributed by atoms with Crippen LogP contribution in [0.2, 0.25) is 0 Å². The van der Waals surface area contributed by atoms with Gasteiger partial charge in [0.05, 0.1) is 22.1 Å². The number of carbonyl (C=O) groups is 3. The van der Waals surface area contributed by atoms with Crippen LogP contribution in [0, 0.1) is 6.92 Å². The summed E-state index contributed by atoms with van der Waals surface area (Å²) in [6.07, 6.45) is 1.26. The zero-order chi connectivity index (χ0) is 24.8. The number of aryl methyl sites for hydroxylation is 1. The van der Waals surface area contributed by atoms with E-state index in [9.17, 15) is 14.4 Å². The van der Waals surface area contributed by atoms with Crippen molar-refractivity contribution in [1.29, 1.82) is 0 Å². The van der Waals surface area contributed by atoms with Crippen LogP contribution in [0.1, 0.15) is 37.5 Å². The summed E-state index contributed by atoms with van der Waals surface area (Å²) in [6.45, 7) is 7.67. The molecule has 0 N–H and O–H groups in total. The predicted octanol–water partition coefficient (Wildman–Crippen LogP) is 5.72. The lowest BCUT2D eigenvalue weighted by atomic mass is 10.1. The van der Waals surface area contributed by atoms with Crippen LogP contribution in [-0.4, -0.2) is 41.3 Å². The molecule has 0 aliphatic carbocycles. The second kappa shape index (κ2) is 11.6. The Morgan fingerprint density at radius 3 is 2.50 bits per heavy atom. The number of nitrogens with zero attached hydrogens (tertiary/aromatic N) is 1. The fraction of sp³-hybridized carbons (Fsp3) is 0.320. The van der Waals surface area contributed by atoms with Gasteiger partial charge in [0, 0.05) is 0 Å². The molecule has 2 aromatic carbocycles. The summed E-state index contributed by atoms with van der Waals surface area (Å²) < 4.78 is 17.5. The molecule has 0 aromatic heterocycles. The van der Waals surface area contributed by atoms with E-state index >= 15 is 0 Å². The third kappa shape index (κ3) is 6.64. The highest BCUT2D eigenvalue weighted by atomic mass is 79.9. The van der Waals surface area contributed by atoms with Crippen molar-refractivity contribution in [3.63, 3.8) is 0 Å². The maximum atomic E-state index is 12.7. The Labute approximate surface area is 211 Å². The largest absolute Gasteiger partial charge is 0.490 e. The van der Waals surface area contributed by atoms with Crippen LogP contribution in [0.4, 0.5) is 4.79 Å². The van der Waals surface area contributed by atoms with Crippen molar-refractivity contribution in [2.75, 3.05) is 13.2 Å². The molecule has 9 heteroatoms. The fourth-order valence-corrected chi connectivity index (χ4v) is 4.54. The van der Waals surface area contributed by atoms with Crippen molar-refractivity contribution in [3.05, 3.63) is 62.5 Å². The molecule has 1 heterocycles. The van der Waals surface area contributed by atoms with E-state index in [1.165, 1.54) is 5.56 Å². The number of hydrogen-bond donors (Lipinski definition) is 0. The minimum absolute atomic E-state index is 0.213. The monoisotopic (exact) mass is 547 g/mol. The molecule has 0 atom stereocenters. The highest BCUT2D eigenvalue weighted by molar-refractivity contribution is 9.10. The molecule has 0 spiro atoms. The summed E-state index contributed by atoms with van der Waals surface area (Å²) in [5, 5.41) is -0.515. The summed E-state index contributed by atoms with van der Waals surface area (Å²) in [5.74, 6) is -0.112. The molecule has 34 heavy (non-hydrogen) atoms. The second-order valence-corrected chi connectivity index (χ2v) is 9.69. The zero-order valence-corrected chi connectivity index (χ0v) is 21.8. The first-order chi connectivity index (χ1) is 16.2. The van der Waals surface area contributed by atoms with Gasteiger partial charge in [-0.25, -0.2) is 0 Å². The van der Waals surface area contributed by atoms with Gasteiger partial charge in [-0.15, -0.1) is 0 Å². The van der Waals surface area contributed by atoms with Gasteiger partial charge in [0.15, 0.2) is 11.5 Å². The van der Waals surface area contributed by atoms with Crippen molar-refractivity contribution in [3.8, 4) is 11.5 Å². The molecule has 180 valence electrons. The molecule has 1 aliphatic rings. The molecule has 2 aromatic rings. The number of halogens is 1. The molecule has 1 aliphatic heterocycles. The Bertz CT molecular complexity index is 1110. The van der Waals surface area contributed by atoms with Gasteiger partial charge in [-0.05, 0) is 84.7 Å². The van der Waals surface area contributed by atoms with Crippen molar-refractivity contribution >= 4 is 50.9 Å². The molecule has 1 saturated heterocycles. The quantitative estimate of drug-likeness (QED) is 0.293. The predicted molar refractivity (Wildman–Crippen MR) is 135 cm³/mol. The minimum atomic E-state index is -0.630. The third-order valence-corrected chi connectivity index (χ3v) is 6.16. The van der Waals surface area contributed by atoms with Gasteiger partial charge < -0.3 is 14.2 Å². The van der Waals surface area contributed by atoms with Crippen LogP contribution in [0.25, 0.3) is 6.08 Å². The average molecular weight is 548 g/mol. The molecular formula is C25H26BrNO6S. The van der Waals surface area contributed by atoms with E-state index in [-0.39, 0.29) is 11.0 Å². The summed E-state index contributed by atoms with van der Waals surface area (Å²) in [6, 6.07) is 11.6. The molecule has 0 unspecified atom stereocenters. The van der Waals surface area contributed by atoms with E-state index < -0.39 is 23.7 Å². The molecule has 1 fully saturated rings. The first-order valence-electron chi connectivity index (χ1n) is 10.8. The minimum Gasteiger partial charge on any atom is -0.490 e. The van der Waals surface area contributed by atoms with Crippen molar-refractivity contribution in [1.82, 2.24) is 4.90 Å². The topological polar surface area (TPSA) is 82.1 Å². The van der Waals surface area contributed by atoms with Gasteiger partial charge in [-0.2, -0.15) is 0 Å². The molecule has 2 amide bonds. The van der Waals surface area contributed by atoms with Crippen molar-refractivity contribution < 1.29 is 28.6 Å². The second-order valence-electron chi connectivity index (χ2n) is 7.84. The maximum Gasteiger partial charge on any atom is 0.326 e. The average Bonchev–Trinajstić information content (AvgIpc) is 3.01. The standard InChI is InChI=1S/C25H26BrNO6S/c1-5-31-20-11-18(10-19(26)23(20)32-14-17-8-6-16(4)7-9-17)12-21-24(29)27(25(30)34-21)13-22(28)33-15(2)3/h6-12,15H,5,13-14H2,1-4H3/b21-12+. The van der Waals surface area contributed by atoms with Gasteiger partial charge in [0.2, 0.25) is 0 Å². The smallest absolute Gasteiger partial charge is 0.326 e. The highest BCUT2D eigenvalue weighted by Crippen LogP contribution is 2.39. The first kappa shape index (κ1) is 25.8. The van der Waals surface area contributed by atoms with E-state index in [4.69, 9.17) is 14.2 Å². The Morgan fingerprint density at radius 1 is 1.15 bits per heavy atom. The van der Waals surface area contributed by atoms with E-state index in [1.807, 2.05) is 38.1 Å². The van der Waals surface area contributed by atoms with Crippen LogP contribution in [-0.2, 0) is 20.9 Å². The summed E-state index contributed by atoms with van der Waals surface area (Å²) >= 11 is 4.31. The molecule has 0 bridgehead atoms. The molecule has 0 saturated carbocycles. The summed E-state index contributed by atoms with van der Waals surface area (Å²) in [5.41, 5.74) is 2.84. The lowest BCUT2D eigenvalue weighted by Crippen LogP contribution is -2.35. The van der Waals surface area contributed by atoms with Crippen LogP contribution < -0.4 is 9.47 Å². The molecular weight excluding hydrogens is 522 g/mol. The molecule has 0 radical (unpaired) electrons. The van der Waals surface area contributed by atoms with Crippen LogP contribution in [0.5, 0.6) is 11.5 Å². The Balaban J connectivity index is 1.80. The van der Waals surface area contributed by atoms with Crippen molar-refractivity contribution in [2.24, 2.45) is 0 Å². The van der Waals surface area contributed by atoms with E-state index in [0.29, 0.717) is 34.7 Å². The van der Waals surface area contributed by atoms with E-state index in [1.54, 1.807) is 32.1 Å². The van der Waals surface area contributed by atoms with Gasteiger partial charge in [0.25, 0.3) is 11.1 Å². The number of ether oxygens (including phenoxy) is 3. The van der Waals surface area contributed by atoms with Gasteiger partial charge >= 0.3 is 5.97 Å². The third-order valence-electron chi connectivity index (χ3n) is 4.66. The van der Waals surface area contributed by atoms with E-state index in [0.717, 1.165) is 22.2 Å². The molecule has 3 rings (SSSR count). The van der Waals surface area contributed by atoms with Crippen molar-refractivity contribution in [2.45, 2.75) is 40.4 Å². The summed E-state index contributed by atoms with van der Waals surface area (Å²) in [7, 11) is 0. The number of rotatable bonds is 9. The molecule has 7 nitrogen and oxygen atoms in total. The number of benzene rings is 2. The fourth-order valence-electron chi connectivity index (χ4n) is 3.13. The highest BCUT2D eigenvalue weighted by Gasteiger charge is 2.36. The van der Waals surface area contributed by atoms with Gasteiger partial charge in [-0.3, -0.25) is 19.3 Å². The normalized spacial score (nSPS) is 14.8. The van der Waals surface area contributed by atoms with Gasteiger partial charge in [0.1, 0.15) is 13.2 Å². The van der Waals surface area contributed by atoms with Crippen LogP contribution in [0.3, 0.4) is 0 Å². The van der Waals surface area contributed by atoms with Gasteiger partial charge in [-0.1, -0.05) is 29.8 Å². The zero-order valence-electron chi connectivity index (χ0n) is 19.4. The number of esters is 1. The lowest BCUT2D eigenvalue weighted by molar-refractivity contribution is -0.149. The summed E-state index contributed by atoms with van der Waals surface area (Å²) in [4.78, 5) is 38.0. The number of thioether (sulfide) groups is 1. The number of amides is 2. The van der Waals surface area contributed by atoms with E-state index in [2.05, 4.69) is 15.9 Å². The number of carbonyl (C=O) groups excluding carboxylic acids is 3. The lowest BCUT2D eigenvalue weighted by Gasteiger charge is -2.15. The Hall–Kier alpha value is -2.78. The SMILES string of the molecule is CCOc1cc(/C=C2/SC(=O)N(CC(=O)OC(C)C)C2=O)cc(Br)c1OCc1ccc(C)cc1. The van der Waals surface area contributed by atoms with Crippen LogP contribution >= 0.6 is 27.7 Å². The van der Waals surface area contributed by atoms with Crippen LogP contribution in [0.15, 0.2) is 45.8 Å². The Kier molecular flexibility index (Phi) is 8.79. The maximum absolute atomic E-state index is 12.7. The number of hydrogen-bond acceptors (Lipinski definition) is 7.